The normalized spacial score (nSPS) is 10.9. The van der Waals surface area contributed by atoms with Crippen LogP contribution in [0.5, 0.6) is 0 Å². The number of amides is 1. The summed E-state index contributed by atoms with van der Waals surface area (Å²) in [5, 5.41) is 8.71. The molecule has 0 aromatic carbocycles. The number of nitrogens with zero attached hydrogens (tertiary/aromatic N) is 4. The zero-order chi connectivity index (χ0) is 12.8. The summed E-state index contributed by atoms with van der Waals surface area (Å²) < 4.78 is 1.97. The molecule has 1 rings (SSSR count). The molecule has 1 amide bonds. The van der Waals surface area contributed by atoms with Gasteiger partial charge in [-0.15, -0.1) is 10.2 Å². The molecule has 5 nitrogen and oxygen atoms in total. The monoisotopic (exact) mass is 256 g/mol. The lowest BCUT2D eigenvalue weighted by atomic mass is 10.4. The van der Waals surface area contributed by atoms with E-state index in [9.17, 15) is 4.79 Å². The first-order valence-electron chi connectivity index (χ1n) is 5.90. The van der Waals surface area contributed by atoms with Crippen LogP contribution in [0, 0.1) is 0 Å². The maximum absolute atomic E-state index is 11.8. The van der Waals surface area contributed by atoms with E-state index in [1.807, 2.05) is 23.3 Å². The summed E-state index contributed by atoms with van der Waals surface area (Å²) >= 11 is 1.45. The first-order valence-corrected chi connectivity index (χ1v) is 6.88. The van der Waals surface area contributed by atoms with Gasteiger partial charge in [0.2, 0.25) is 5.91 Å². The molecule has 0 spiro atoms. The summed E-state index contributed by atoms with van der Waals surface area (Å²) in [6.45, 7) is 9.63. The van der Waals surface area contributed by atoms with E-state index in [0.717, 1.165) is 18.2 Å². The summed E-state index contributed by atoms with van der Waals surface area (Å²) in [5.41, 5.74) is 0. The van der Waals surface area contributed by atoms with E-state index < -0.39 is 0 Å². The second-order valence-electron chi connectivity index (χ2n) is 3.97. The van der Waals surface area contributed by atoms with Crippen molar-refractivity contribution in [3.63, 3.8) is 0 Å². The molecule has 0 aliphatic heterocycles. The van der Waals surface area contributed by atoms with Crippen LogP contribution in [0.4, 0.5) is 0 Å². The fraction of sp³-hybridized carbons (Fsp3) is 0.727. The predicted molar refractivity (Wildman–Crippen MR) is 69.1 cm³/mol. The molecule has 0 unspecified atom stereocenters. The lowest BCUT2D eigenvalue weighted by molar-refractivity contribution is -0.127. The fourth-order valence-electron chi connectivity index (χ4n) is 1.48. The Labute approximate surface area is 107 Å². The van der Waals surface area contributed by atoms with Gasteiger partial charge in [-0.2, -0.15) is 0 Å². The number of thioether (sulfide) groups is 1. The second-order valence-corrected chi connectivity index (χ2v) is 4.91. The van der Waals surface area contributed by atoms with Crippen LogP contribution < -0.4 is 0 Å². The Morgan fingerprint density at radius 2 is 2.12 bits per heavy atom. The van der Waals surface area contributed by atoms with E-state index in [4.69, 9.17) is 0 Å². The van der Waals surface area contributed by atoms with E-state index in [0.29, 0.717) is 11.8 Å². The third-order valence-corrected chi connectivity index (χ3v) is 3.48. The Morgan fingerprint density at radius 3 is 2.65 bits per heavy atom. The van der Waals surface area contributed by atoms with Gasteiger partial charge in [-0.25, -0.2) is 0 Å². The molecular weight excluding hydrogens is 236 g/mol. The predicted octanol–water partition coefficient (Wildman–Crippen LogP) is 1.82. The topological polar surface area (TPSA) is 51.0 Å². The van der Waals surface area contributed by atoms with Crippen LogP contribution in [0.25, 0.3) is 0 Å². The lowest BCUT2D eigenvalue weighted by Crippen LogP contribution is -2.31. The molecule has 0 aliphatic carbocycles. The van der Waals surface area contributed by atoms with Gasteiger partial charge in [-0.1, -0.05) is 11.8 Å². The van der Waals surface area contributed by atoms with Gasteiger partial charge in [0, 0.05) is 19.1 Å². The van der Waals surface area contributed by atoms with Gasteiger partial charge >= 0.3 is 0 Å². The molecular formula is C11H20N4OS. The van der Waals surface area contributed by atoms with Crippen LogP contribution in [0.3, 0.4) is 0 Å². The van der Waals surface area contributed by atoms with Crippen molar-refractivity contribution in [3.8, 4) is 0 Å². The molecule has 1 aromatic heterocycles. The smallest absolute Gasteiger partial charge is 0.233 e. The first-order chi connectivity index (χ1) is 8.10. The van der Waals surface area contributed by atoms with E-state index in [1.54, 1.807) is 6.33 Å². The molecule has 1 heterocycles. The number of aromatic nitrogens is 3. The van der Waals surface area contributed by atoms with Crippen LogP contribution in [-0.2, 0) is 4.79 Å². The van der Waals surface area contributed by atoms with Crippen molar-refractivity contribution in [2.75, 3.05) is 18.8 Å². The van der Waals surface area contributed by atoms with Gasteiger partial charge in [-0.05, 0) is 27.7 Å². The van der Waals surface area contributed by atoms with Crippen molar-refractivity contribution in [2.45, 2.75) is 38.9 Å². The van der Waals surface area contributed by atoms with Crippen molar-refractivity contribution >= 4 is 17.7 Å². The van der Waals surface area contributed by atoms with Crippen LogP contribution in [-0.4, -0.2) is 44.4 Å². The Bertz CT molecular complexity index is 360. The summed E-state index contributed by atoms with van der Waals surface area (Å²) in [6, 6.07) is 0.316. The largest absolute Gasteiger partial charge is 0.343 e. The van der Waals surface area contributed by atoms with Gasteiger partial charge in [0.1, 0.15) is 6.33 Å². The summed E-state index contributed by atoms with van der Waals surface area (Å²) in [6.07, 6.45) is 1.70. The highest BCUT2D eigenvalue weighted by molar-refractivity contribution is 7.99. The minimum Gasteiger partial charge on any atom is -0.343 e. The molecule has 0 saturated carbocycles. The van der Waals surface area contributed by atoms with Crippen LogP contribution >= 0.6 is 11.8 Å². The highest BCUT2D eigenvalue weighted by Gasteiger charge is 2.13. The molecule has 17 heavy (non-hydrogen) atoms. The molecule has 1 aromatic rings. The van der Waals surface area contributed by atoms with Crippen molar-refractivity contribution in [1.29, 1.82) is 0 Å². The number of carbonyl (C=O) groups excluding carboxylic acids is 1. The average Bonchev–Trinajstić information content (AvgIpc) is 2.76. The Balaban J connectivity index is 2.55. The highest BCUT2D eigenvalue weighted by atomic mass is 32.2. The van der Waals surface area contributed by atoms with Gasteiger partial charge in [-0.3, -0.25) is 4.79 Å². The average molecular weight is 256 g/mol. The van der Waals surface area contributed by atoms with Gasteiger partial charge in [0.25, 0.3) is 0 Å². The Kier molecular flexibility index (Phi) is 5.47. The third kappa shape index (κ3) is 3.73. The molecule has 0 radical (unpaired) electrons. The van der Waals surface area contributed by atoms with E-state index in [1.165, 1.54) is 11.8 Å². The van der Waals surface area contributed by atoms with Crippen LogP contribution in [0.2, 0.25) is 0 Å². The molecule has 0 bridgehead atoms. The number of carbonyl (C=O) groups is 1. The zero-order valence-corrected chi connectivity index (χ0v) is 11.7. The Morgan fingerprint density at radius 1 is 1.47 bits per heavy atom. The van der Waals surface area contributed by atoms with Crippen LogP contribution in [0.1, 0.15) is 33.7 Å². The fourth-order valence-corrected chi connectivity index (χ4v) is 2.43. The van der Waals surface area contributed by atoms with Crippen molar-refractivity contribution in [3.05, 3.63) is 6.33 Å². The molecule has 0 aliphatic rings. The zero-order valence-electron chi connectivity index (χ0n) is 10.9. The maximum atomic E-state index is 11.8. The number of hydrogen-bond donors (Lipinski definition) is 0. The summed E-state index contributed by atoms with van der Waals surface area (Å²) in [5.74, 6) is 0.575. The van der Waals surface area contributed by atoms with E-state index in [2.05, 4.69) is 24.0 Å². The number of rotatable bonds is 6. The SMILES string of the molecule is CCN(CC)C(=O)CSc1nncn1C(C)C. The lowest BCUT2D eigenvalue weighted by Gasteiger charge is -2.18. The second kappa shape index (κ2) is 6.64. The molecule has 0 saturated heterocycles. The standard InChI is InChI=1S/C11H20N4OS/c1-5-14(6-2)10(16)7-17-11-13-12-8-15(11)9(3)4/h8-9H,5-7H2,1-4H3. The van der Waals surface area contributed by atoms with Crippen molar-refractivity contribution < 1.29 is 4.79 Å². The van der Waals surface area contributed by atoms with Crippen molar-refractivity contribution in [1.82, 2.24) is 19.7 Å². The summed E-state index contributed by atoms with van der Waals surface area (Å²) in [7, 11) is 0. The minimum absolute atomic E-state index is 0.151. The third-order valence-electron chi connectivity index (χ3n) is 2.54. The Hall–Kier alpha value is -1.04. The van der Waals surface area contributed by atoms with Gasteiger partial charge in [0.05, 0.1) is 5.75 Å². The van der Waals surface area contributed by atoms with Crippen molar-refractivity contribution in [2.24, 2.45) is 0 Å². The molecule has 0 N–H and O–H groups in total. The molecule has 0 atom stereocenters. The van der Waals surface area contributed by atoms with Crippen LogP contribution in [0.15, 0.2) is 11.5 Å². The maximum Gasteiger partial charge on any atom is 0.233 e. The quantitative estimate of drug-likeness (QED) is 0.729. The number of hydrogen-bond acceptors (Lipinski definition) is 4. The van der Waals surface area contributed by atoms with E-state index in [-0.39, 0.29) is 5.91 Å². The van der Waals surface area contributed by atoms with Gasteiger partial charge in [0.15, 0.2) is 5.16 Å². The first kappa shape index (κ1) is 14.0. The van der Waals surface area contributed by atoms with E-state index >= 15 is 0 Å². The molecule has 96 valence electrons. The molecule has 0 fully saturated rings. The highest BCUT2D eigenvalue weighted by Crippen LogP contribution is 2.18. The minimum atomic E-state index is 0.151. The molecule has 6 heteroatoms. The summed E-state index contributed by atoms with van der Waals surface area (Å²) in [4.78, 5) is 13.7. The van der Waals surface area contributed by atoms with Gasteiger partial charge < -0.3 is 9.47 Å².